The molecule has 0 bridgehead atoms. The molecule has 15 heavy (non-hydrogen) atoms. The maximum atomic E-state index is 11.4. The molecule has 0 unspecified atom stereocenters. The molecule has 0 fully saturated rings. The van der Waals surface area contributed by atoms with Gasteiger partial charge in [-0.2, -0.15) is 0 Å². The molecule has 90 valence electrons. The van der Waals surface area contributed by atoms with E-state index in [1.165, 1.54) is 0 Å². The first-order valence-electron chi connectivity index (χ1n) is 5.29. The maximum Gasteiger partial charge on any atom is 0.323 e. The molecule has 1 atom stereocenters. The summed E-state index contributed by atoms with van der Waals surface area (Å²) >= 11 is 0. The van der Waals surface area contributed by atoms with Crippen LogP contribution in [0.1, 0.15) is 34.6 Å². The lowest BCUT2D eigenvalue weighted by molar-refractivity contribution is -0.149. The van der Waals surface area contributed by atoms with Crippen molar-refractivity contribution >= 4 is 5.97 Å². The van der Waals surface area contributed by atoms with E-state index in [-0.39, 0.29) is 24.1 Å². The van der Waals surface area contributed by atoms with Gasteiger partial charge in [0.25, 0.3) is 0 Å². The fraction of sp³-hybridized carbons (Fsp3) is 0.909. The Morgan fingerprint density at radius 3 is 2.20 bits per heavy atom. The molecule has 0 saturated heterocycles. The highest BCUT2D eigenvalue weighted by Crippen LogP contribution is 2.18. The number of rotatable bonds is 5. The van der Waals surface area contributed by atoms with E-state index in [1.54, 1.807) is 0 Å². The second-order valence-corrected chi connectivity index (χ2v) is 4.93. The molecular formula is C11H23NO3. The number of carbonyl (C=O) groups excluding carboxylic acids is 1. The summed E-state index contributed by atoms with van der Waals surface area (Å²) in [6.45, 7) is 10.3. The Balaban J connectivity index is 3.75. The lowest BCUT2D eigenvalue weighted by Gasteiger charge is -2.24. The Labute approximate surface area is 92.1 Å². The number of hydrogen-bond acceptors (Lipinski definition) is 4. The van der Waals surface area contributed by atoms with Crippen LogP contribution in [0.4, 0.5) is 0 Å². The second-order valence-electron chi connectivity index (χ2n) is 4.93. The van der Waals surface area contributed by atoms with Crippen molar-refractivity contribution in [1.29, 1.82) is 0 Å². The highest BCUT2D eigenvalue weighted by Gasteiger charge is 2.28. The summed E-state index contributed by atoms with van der Waals surface area (Å²) in [5, 5.41) is 0. The number of ether oxygens (including phenoxy) is 2. The van der Waals surface area contributed by atoms with E-state index >= 15 is 0 Å². The molecule has 0 saturated carbocycles. The molecule has 0 rings (SSSR count). The van der Waals surface area contributed by atoms with Gasteiger partial charge in [0.05, 0.1) is 12.7 Å². The van der Waals surface area contributed by atoms with Crippen LogP contribution in [0.3, 0.4) is 0 Å². The predicted octanol–water partition coefficient (Wildman–Crippen LogP) is 1.33. The minimum atomic E-state index is -0.587. The average molecular weight is 217 g/mol. The summed E-state index contributed by atoms with van der Waals surface area (Å²) in [4.78, 5) is 11.4. The Morgan fingerprint density at radius 1 is 1.27 bits per heavy atom. The molecule has 0 aromatic carbocycles. The van der Waals surface area contributed by atoms with Crippen LogP contribution >= 0.6 is 0 Å². The van der Waals surface area contributed by atoms with E-state index in [9.17, 15) is 4.79 Å². The maximum absolute atomic E-state index is 11.4. The zero-order chi connectivity index (χ0) is 12.1. The molecule has 4 heteroatoms. The first kappa shape index (κ1) is 14.4. The Morgan fingerprint density at radius 2 is 1.80 bits per heavy atom. The van der Waals surface area contributed by atoms with E-state index in [2.05, 4.69) is 0 Å². The third-order valence-corrected chi connectivity index (χ3v) is 1.97. The van der Waals surface area contributed by atoms with Crippen molar-refractivity contribution in [2.45, 2.75) is 46.8 Å². The second kappa shape index (κ2) is 6.08. The summed E-state index contributed by atoms with van der Waals surface area (Å²) in [7, 11) is 0. The van der Waals surface area contributed by atoms with Gasteiger partial charge in [0.15, 0.2) is 0 Å². The summed E-state index contributed by atoms with van der Waals surface area (Å²) in [6.07, 6.45) is 0.153. The van der Waals surface area contributed by atoms with Gasteiger partial charge in [-0.25, -0.2) is 0 Å². The molecule has 0 amide bonds. The van der Waals surface area contributed by atoms with Gasteiger partial charge >= 0.3 is 5.97 Å². The van der Waals surface area contributed by atoms with Crippen molar-refractivity contribution in [3.8, 4) is 0 Å². The summed E-state index contributed by atoms with van der Waals surface area (Å²) < 4.78 is 10.2. The average Bonchev–Trinajstić information content (AvgIpc) is 2.09. The van der Waals surface area contributed by atoms with Gasteiger partial charge in [-0.1, -0.05) is 20.8 Å². The lowest BCUT2D eigenvalue weighted by Crippen LogP contribution is -2.43. The molecule has 0 aromatic rings. The molecule has 0 aliphatic carbocycles. The molecular weight excluding hydrogens is 194 g/mol. The first-order valence-corrected chi connectivity index (χ1v) is 5.29. The standard InChI is InChI=1S/C11H23NO3/c1-8(2)14-6-7-15-10(13)9(12)11(3,4)5/h8-9H,6-7,12H2,1-5H3/t9-/m0/s1. The van der Waals surface area contributed by atoms with Crippen molar-refractivity contribution in [2.24, 2.45) is 11.1 Å². The predicted molar refractivity (Wildman–Crippen MR) is 59.5 cm³/mol. The van der Waals surface area contributed by atoms with Crippen LogP contribution < -0.4 is 5.73 Å². The summed E-state index contributed by atoms with van der Waals surface area (Å²) in [5.74, 6) is -0.366. The van der Waals surface area contributed by atoms with Gasteiger partial charge in [0.1, 0.15) is 12.6 Å². The van der Waals surface area contributed by atoms with Crippen LogP contribution in [-0.4, -0.2) is 31.3 Å². The van der Waals surface area contributed by atoms with Gasteiger partial charge in [0, 0.05) is 0 Å². The molecule has 0 aliphatic rings. The van der Waals surface area contributed by atoms with Crippen molar-refractivity contribution in [3.05, 3.63) is 0 Å². The van der Waals surface area contributed by atoms with E-state index < -0.39 is 6.04 Å². The SMILES string of the molecule is CC(C)OCCOC(=O)[C@H](N)C(C)(C)C. The van der Waals surface area contributed by atoms with E-state index in [0.717, 1.165) is 0 Å². The zero-order valence-corrected chi connectivity index (χ0v) is 10.4. The zero-order valence-electron chi connectivity index (χ0n) is 10.4. The monoisotopic (exact) mass is 217 g/mol. The minimum absolute atomic E-state index is 0.153. The number of carbonyl (C=O) groups is 1. The molecule has 0 aliphatic heterocycles. The van der Waals surface area contributed by atoms with Gasteiger partial charge in [-0.3, -0.25) is 4.79 Å². The third kappa shape index (κ3) is 6.47. The van der Waals surface area contributed by atoms with Gasteiger partial charge < -0.3 is 15.2 Å². The van der Waals surface area contributed by atoms with E-state index in [4.69, 9.17) is 15.2 Å². The third-order valence-electron chi connectivity index (χ3n) is 1.97. The van der Waals surface area contributed by atoms with Crippen LogP contribution in [0.25, 0.3) is 0 Å². The summed E-state index contributed by atoms with van der Waals surface area (Å²) in [6, 6.07) is -0.587. The van der Waals surface area contributed by atoms with Crippen molar-refractivity contribution < 1.29 is 14.3 Å². The van der Waals surface area contributed by atoms with E-state index in [0.29, 0.717) is 6.61 Å². The quantitative estimate of drug-likeness (QED) is 0.557. The van der Waals surface area contributed by atoms with Crippen LogP contribution in [0.15, 0.2) is 0 Å². The van der Waals surface area contributed by atoms with Gasteiger partial charge in [-0.15, -0.1) is 0 Å². The van der Waals surface area contributed by atoms with Crippen molar-refractivity contribution in [3.63, 3.8) is 0 Å². The minimum Gasteiger partial charge on any atom is -0.462 e. The number of hydrogen-bond donors (Lipinski definition) is 1. The number of esters is 1. The largest absolute Gasteiger partial charge is 0.462 e. The highest BCUT2D eigenvalue weighted by atomic mass is 16.6. The molecule has 0 aromatic heterocycles. The Bertz CT molecular complexity index is 196. The van der Waals surface area contributed by atoms with Crippen LogP contribution in [-0.2, 0) is 14.3 Å². The highest BCUT2D eigenvalue weighted by molar-refractivity contribution is 5.76. The van der Waals surface area contributed by atoms with Crippen molar-refractivity contribution in [1.82, 2.24) is 0 Å². The molecule has 2 N–H and O–H groups in total. The fourth-order valence-corrected chi connectivity index (χ4v) is 0.869. The first-order chi connectivity index (χ1) is 6.75. The molecule has 0 spiro atoms. The number of nitrogens with two attached hydrogens (primary N) is 1. The van der Waals surface area contributed by atoms with E-state index in [1.807, 2.05) is 34.6 Å². The Kier molecular flexibility index (Phi) is 5.83. The lowest BCUT2D eigenvalue weighted by atomic mass is 9.87. The molecule has 4 nitrogen and oxygen atoms in total. The summed E-state index contributed by atoms with van der Waals surface area (Å²) in [5.41, 5.74) is 5.45. The molecule has 0 heterocycles. The van der Waals surface area contributed by atoms with Gasteiger partial charge in [0.2, 0.25) is 0 Å². The van der Waals surface area contributed by atoms with Crippen LogP contribution in [0.2, 0.25) is 0 Å². The van der Waals surface area contributed by atoms with Crippen molar-refractivity contribution in [2.75, 3.05) is 13.2 Å². The smallest absolute Gasteiger partial charge is 0.323 e. The van der Waals surface area contributed by atoms with Crippen LogP contribution in [0, 0.1) is 5.41 Å². The molecule has 0 radical (unpaired) electrons. The van der Waals surface area contributed by atoms with Crippen LogP contribution in [0.5, 0.6) is 0 Å². The van der Waals surface area contributed by atoms with Gasteiger partial charge in [-0.05, 0) is 19.3 Å². The topological polar surface area (TPSA) is 61.5 Å². The fourth-order valence-electron chi connectivity index (χ4n) is 0.869. The Hall–Kier alpha value is -0.610. The normalized spacial score (nSPS) is 14.1.